The van der Waals surface area contributed by atoms with Crippen molar-refractivity contribution in [3.63, 3.8) is 0 Å². The van der Waals surface area contributed by atoms with E-state index in [2.05, 4.69) is 15.3 Å². The van der Waals surface area contributed by atoms with E-state index in [1.807, 2.05) is 0 Å². The van der Waals surface area contributed by atoms with E-state index in [9.17, 15) is 9.90 Å². The van der Waals surface area contributed by atoms with Crippen LogP contribution in [0.3, 0.4) is 0 Å². The minimum atomic E-state index is -0.732. The molecule has 0 amide bonds. The molecule has 0 unspecified atom stereocenters. The minimum absolute atomic E-state index is 0.299. The summed E-state index contributed by atoms with van der Waals surface area (Å²) >= 11 is 5.73. The normalized spacial score (nSPS) is 18.3. The van der Waals surface area contributed by atoms with Gasteiger partial charge in [-0.2, -0.15) is 0 Å². The molecule has 1 saturated carbocycles. The third-order valence-corrected chi connectivity index (χ3v) is 3.66. The van der Waals surface area contributed by atoms with E-state index in [4.69, 9.17) is 11.6 Å². The fraction of sp³-hybridized carbons (Fsp3) is 0.583. The summed E-state index contributed by atoms with van der Waals surface area (Å²) in [6, 6.07) is 0. The second-order valence-corrected chi connectivity index (χ2v) is 5.11. The second kappa shape index (κ2) is 5.52. The molecule has 1 heterocycles. The van der Waals surface area contributed by atoms with E-state index in [1.165, 1.54) is 6.20 Å². The molecule has 5 nitrogen and oxygen atoms in total. The quantitative estimate of drug-likeness (QED) is 0.879. The zero-order valence-electron chi connectivity index (χ0n) is 10.0. The first kappa shape index (κ1) is 13.1. The molecule has 0 aromatic carbocycles. The Bertz CT molecular complexity index is 433. The van der Waals surface area contributed by atoms with Crippen LogP contribution in [0, 0.1) is 5.41 Å². The van der Waals surface area contributed by atoms with Crippen molar-refractivity contribution in [1.82, 2.24) is 9.97 Å². The van der Waals surface area contributed by atoms with Crippen molar-refractivity contribution in [1.29, 1.82) is 0 Å². The van der Waals surface area contributed by atoms with Crippen LogP contribution in [0.4, 0.5) is 5.82 Å². The van der Waals surface area contributed by atoms with Gasteiger partial charge in [0.25, 0.3) is 0 Å². The van der Waals surface area contributed by atoms with Gasteiger partial charge in [0.05, 0.1) is 17.8 Å². The van der Waals surface area contributed by atoms with E-state index >= 15 is 0 Å². The summed E-state index contributed by atoms with van der Waals surface area (Å²) in [4.78, 5) is 19.4. The van der Waals surface area contributed by atoms with Crippen LogP contribution >= 0.6 is 11.6 Å². The zero-order valence-corrected chi connectivity index (χ0v) is 10.8. The number of carboxylic acids is 1. The summed E-state index contributed by atoms with van der Waals surface area (Å²) in [5, 5.41) is 12.8. The van der Waals surface area contributed by atoms with Crippen LogP contribution in [0.15, 0.2) is 12.4 Å². The van der Waals surface area contributed by atoms with Gasteiger partial charge in [0.1, 0.15) is 11.0 Å². The molecule has 1 fully saturated rings. The van der Waals surface area contributed by atoms with Gasteiger partial charge in [0.2, 0.25) is 0 Å². The van der Waals surface area contributed by atoms with Crippen LogP contribution in [0.2, 0.25) is 5.15 Å². The Morgan fingerprint density at radius 1 is 1.39 bits per heavy atom. The number of nitrogens with zero attached hydrogens (tertiary/aromatic N) is 2. The Hall–Kier alpha value is -1.36. The maximum absolute atomic E-state index is 11.5. The van der Waals surface area contributed by atoms with Crippen LogP contribution in [0.25, 0.3) is 0 Å². The molecule has 0 saturated heterocycles. The highest BCUT2D eigenvalue weighted by atomic mass is 35.5. The third kappa shape index (κ3) is 2.90. The maximum Gasteiger partial charge on any atom is 0.311 e. The molecule has 18 heavy (non-hydrogen) atoms. The van der Waals surface area contributed by atoms with Crippen molar-refractivity contribution in [3.8, 4) is 0 Å². The first-order valence-corrected chi connectivity index (χ1v) is 6.45. The molecule has 0 spiro atoms. The lowest BCUT2D eigenvalue weighted by Gasteiger charge is -2.33. The highest BCUT2D eigenvalue weighted by Gasteiger charge is 2.39. The maximum atomic E-state index is 11.5. The van der Waals surface area contributed by atoms with Crippen molar-refractivity contribution in [2.75, 3.05) is 11.9 Å². The Kier molecular flexibility index (Phi) is 4.01. The van der Waals surface area contributed by atoms with E-state index in [1.54, 1.807) is 6.20 Å². The summed E-state index contributed by atoms with van der Waals surface area (Å²) in [5.41, 5.74) is -0.678. The van der Waals surface area contributed by atoms with Crippen LogP contribution < -0.4 is 5.32 Å². The van der Waals surface area contributed by atoms with Gasteiger partial charge in [-0.15, -0.1) is 0 Å². The van der Waals surface area contributed by atoms with Gasteiger partial charge in [-0.05, 0) is 12.8 Å². The molecule has 0 aliphatic heterocycles. The van der Waals surface area contributed by atoms with E-state index in [0.717, 1.165) is 19.3 Å². The van der Waals surface area contributed by atoms with E-state index in [0.29, 0.717) is 30.4 Å². The van der Waals surface area contributed by atoms with Gasteiger partial charge >= 0.3 is 5.97 Å². The number of anilines is 1. The highest BCUT2D eigenvalue weighted by Crippen LogP contribution is 2.36. The number of nitrogens with one attached hydrogen (secondary N) is 1. The summed E-state index contributed by atoms with van der Waals surface area (Å²) in [6.07, 6.45) is 7.47. The molecular weight excluding hydrogens is 254 g/mol. The zero-order chi connectivity index (χ0) is 13.0. The van der Waals surface area contributed by atoms with Crippen molar-refractivity contribution in [2.24, 2.45) is 5.41 Å². The van der Waals surface area contributed by atoms with Crippen molar-refractivity contribution in [2.45, 2.75) is 32.1 Å². The molecule has 98 valence electrons. The van der Waals surface area contributed by atoms with E-state index in [-0.39, 0.29) is 0 Å². The van der Waals surface area contributed by atoms with Gasteiger partial charge in [0.15, 0.2) is 0 Å². The number of carbonyl (C=O) groups is 1. The first-order valence-electron chi connectivity index (χ1n) is 6.07. The Labute approximate surface area is 111 Å². The van der Waals surface area contributed by atoms with Gasteiger partial charge in [-0.1, -0.05) is 30.9 Å². The largest absolute Gasteiger partial charge is 0.481 e. The number of rotatable bonds is 4. The SMILES string of the molecule is O=C(O)C1(CNc2cncc(Cl)n2)CCCCC1. The van der Waals surface area contributed by atoms with Gasteiger partial charge in [-0.3, -0.25) is 9.78 Å². The summed E-state index contributed by atoms with van der Waals surface area (Å²) in [6.45, 7) is 0.372. The van der Waals surface area contributed by atoms with Crippen LogP contribution in [-0.2, 0) is 4.79 Å². The lowest BCUT2D eigenvalue weighted by molar-refractivity contribution is -0.150. The lowest BCUT2D eigenvalue weighted by atomic mass is 9.74. The number of aromatic nitrogens is 2. The summed E-state index contributed by atoms with van der Waals surface area (Å²) < 4.78 is 0. The van der Waals surface area contributed by atoms with Crippen molar-refractivity contribution in [3.05, 3.63) is 17.5 Å². The molecule has 6 heteroatoms. The first-order chi connectivity index (χ1) is 8.62. The standard InChI is InChI=1S/C12H16ClN3O2/c13-9-6-14-7-10(16-9)15-8-12(11(17)18)4-2-1-3-5-12/h6-7H,1-5,8H2,(H,15,16)(H,17,18). The Morgan fingerprint density at radius 2 is 2.11 bits per heavy atom. The predicted octanol–water partition coefficient (Wildman–Crippen LogP) is 2.58. The molecule has 1 aliphatic rings. The number of carboxylic acid groups (broad SMARTS) is 1. The molecule has 2 rings (SSSR count). The molecule has 1 aliphatic carbocycles. The summed E-state index contributed by atoms with van der Waals surface area (Å²) in [7, 11) is 0. The molecular formula is C12H16ClN3O2. The average Bonchev–Trinajstić information content (AvgIpc) is 2.37. The van der Waals surface area contributed by atoms with Gasteiger partial charge < -0.3 is 10.4 Å². The number of hydrogen-bond donors (Lipinski definition) is 2. The minimum Gasteiger partial charge on any atom is -0.481 e. The lowest BCUT2D eigenvalue weighted by Crippen LogP contribution is -2.39. The van der Waals surface area contributed by atoms with Crippen molar-refractivity contribution >= 4 is 23.4 Å². The predicted molar refractivity (Wildman–Crippen MR) is 68.7 cm³/mol. The van der Waals surface area contributed by atoms with Crippen molar-refractivity contribution < 1.29 is 9.90 Å². The second-order valence-electron chi connectivity index (χ2n) is 4.73. The van der Waals surface area contributed by atoms with Crippen LogP contribution in [0.5, 0.6) is 0 Å². The van der Waals surface area contributed by atoms with Gasteiger partial charge in [0, 0.05) is 6.54 Å². The molecule has 1 aromatic heterocycles. The number of hydrogen-bond acceptors (Lipinski definition) is 4. The summed E-state index contributed by atoms with van der Waals surface area (Å²) in [5.74, 6) is -0.210. The molecule has 2 N–H and O–H groups in total. The van der Waals surface area contributed by atoms with Crippen LogP contribution in [0.1, 0.15) is 32.1 Å². The highest BCUT2D eigenvalue weighted by molar-refractivity contribution is 6.29. The smallest absolute Gasteiger partial charge is 0.311 e. The topological polar surface area (TPSA) is 75.1 Å². The monoisotopic (exact) mass is 269 g/mol. The average molecular weight is 270 g/mol. The molecule has 1 aromatic rings. The molecule has 0 radical (unpaired) electrons. The fourth-order valence-corrected chi connectivity index (χ4v) is 2.53. The van der Waals surface area contributed by atoms with Gasteiger partial charge in [-0.25, -0.2) is 4.98 Å². The fourth-order valence-electron chi connectivity index (χ4n) is 2.38. The number of halogens is 1. The molecule has 0 atom stereocenters. The molecule has 0 bridgehead atoms. The van der Waals surface area contributed by atoms with E-state index < -0.39 is 11.4 Å². The Morgan fingerprint density at radius 3 is 2.72 bits per heavy atom. The van der Waals surface area contributed by atoms with Crippen LogP contribution in [-0.4, -0.2) is 27.6 Å². The third-order valence-electron chi connectivity index (χ3n) is 3.48. The number of aliphatic carboxylic acids is 1. The Balaban J connectivity index is 2.04.